The molecule has 0 atom stereocenters. The fraction of sp³-hybridized carbons (Fsp3) is 0.353. The minimum atomic E-state index is -1.48. The van der Waals surface area contributed by atoms with Gasteiger partial charge in [0.15, 0.2) is 17.4 Å². The Labute approximate surface area is 144 Å². The third-order valence-corrected chi connectivity index (χ3v) is 4.24. The molecule has 3 rings (SSSR count). The number of methoxy groups -OCH3 is 1. The molecule has 1 aromatic heterocycles. The first-order chi connectivity index (χ1) is 12.1. The maximum Gasteiger partial charge on any atom is 0.348 e. The van der Waals surface area contributed by atoms with Crippen LogP contribution in [0.4, 0.5) is 10.2 Å². The van der Waals surface area contributed by atoms with E-state index in [-0.39, 0.29) is 18.6 Å². The third kappa shape index (κ3) is 3.33. The second-order valence-corrected chi connectivity index (χ2v) is 5.71. The van der Waals surface area contributed by atoms with Crippen LogP contribution in [0.5, 0.6) is 11.6 Å². The van der Waals surface area contributed by atoms with Gasteiger partial charge < -0.3 is 19.5 Å². The number of para-hydroxylation sites is 1. The number of benzene rings is 1. The van der Waals surface area contributed by atoms with Crippen molar-refractivity contribution in [2.24, 2.45) is 0 Å². The molecule has 1 N–H and O–H groups in total. The van der Waals surface area contributed by atoms with Crippen LogP contribution in [-0.4, -0.2) is 46.8 Å². The number of piperidine rings is 1. The summed E-state index contributed by atoms with van der Waals surface area (Å²) in [6, 6.07) is 5.80. The highest BCUT2D eigenvalue weighted by Gasteiger charge is 2.45. The smallest absolute Gasteiger partial charge is 0.348 e. The molecule has 1 aromatic carbocycles. The maximum absolute atomic E-state index is 13.9. The van der Waals surface area contributed by atoms with Crippen molar-refractivity contribution in [1.82, 2.24) is 9.97 Å². The lowest BCUT2D eigenvalue weighted by Gasteiger charge is -2.39. The number of rotatable bonds is 5. The average molecular weight is 347 g/mol. The zero-order valence-corrected chi connectivity index (χ0v) is 13.7. The highest BCUT2D eigenvalue weighted by molar-refractivity contribution is 5.78. The minimum Gasteiger partial charge on any atom is -0.478 e. The van der Waals surface area contributed by atoms with Crippen LogP contribution in [0.15, 0.2) is 36.7 Å². The van der Waals surface area contributed by atoms with Gasteiger partial charge >= 0.3 is 5.97 Å². The van der Waals surface area contributed by atoms with Crippen molar-refractivity contribution in [3.63, 3.8) is 0 Å². The van der Waals surface area contributed by atoms with Crippen LogP contribution in [0.3, 0.4) is 0 Å². The van der Waals surface area contributed by atoms with E-state index >= 15 is 0 Å². The lowest BCUT2D eigenvalue weighted by molar-refractivity contribution is -0.157. The second-order valence-electron chi connectivity index (χ2n) is 5.71. The van der Waals surface area contributed by atoms with Gasteiger partial charge in [-0.05, 0) is 12.1 Å². The van der Waals surface area contributed by atoms with Gasteiger partial charge in [0, 0.05) is 38.3 Å². The molecule has 2 heterocycles. The van der Waals surface area contributed by atoms with E-state index in [1.807, 2.05) is 4.90 Å². The van der Waals surface area contributed by atoms with Crippen molar-refractivity contribution in [2.75, 3.05) is 25.1 Å². The zero-order valence-electron chi connectivity index (χ0n) is 13.7. The Hall–Kier alpha value is -2.90. The molecule has 0 aliphatic carbocycles. The van der Waals surface area contributed by atoms with E-state index in [0.717, 1.165) is 0 Å². The minimum absolute atomic E-state index is 0.0598. The first kappa shape index (κ1) is 16.9. The number of ether oxygens (including phenoxy) is 2. The SMILES string of the molecule is COc1nccnc1N1CCC(Oc2ccccc2F)(C(=O)O)CC1. The van der Waals surface area contributed by atoms with Crippen LogP contribution in [0.1, 0.15) is 12.8 Å². The summed E-state index contributed by atoms with van der Waals surface area (Å²) in [4.78, 5) is 22.1. The molecule has 1 fully saturated rings. The molecule has 25 heavy (non-hydrogen) atoms. The maximum atomic E-state index is 13.9. The van der Waals surface area contributed by atoms with Gasteiger partial charge in [-0.3, -0.25) is 0 Å². The van der Waals surface area contributed by atoms with Crippen LogP contribution >= 0.6 is 0 Å². The molecule has 7 nitrogen and oxygen atoms in total. The molecule has 0 saturated carbocycles. The van der Waals surface area contributed by atoms with Gasteiger partial charge in [-0.15, -0.1) is 0 Å². The number of hydrogen-bond acceptors (Lipinski definition) is 6. The van der Waals surface area contributed by atoms with Crippen molar-refractivity contribution in [1.29, 1.82) is 0 Å². The normalized spacial score (nSPS) is 16.3. The van der Waals surface area contributed by atoms with Crippen molar-refractivity contribution < 1.29 is 23.8 Å². The second kappa shape index (κ2) is 6.92. The number of carboxylic acids is 1. The molecule has 1 aliphatic heterocycles. The highest BCUT2D eigenvalue weighted by atomic mass is 19.1. The van der Waals surface area contributed by atoms with Gasteiger partial charge in [-0.2, -0.15) is 0 Å². The molecule has 0 spiro atoms. The summed E-state index contributed by atoms with van der Waals surface area (Å²) in [5.41, 5.74) is -1.48. The number of anilines is 1. The average Bonchev–Trinajstić information content (AvgIpc) is 2.64. The molecule has 0 radical (unpaired) electrons. The van der Waals surface area contributed by atoms with Crippen molar-refractivity contribution in [3.8, 4) is 11.6 Å². The molecule has 1 saturated heterocycles. The van der Waals surface area contributed by atoms with E-state index < -0.39 is 17.4 Å². The summed E-state index contributed by atoms with van der Waals surface area (Å²) in [7, 11) is 1.50. The Morgan fingerprint density at radius 3 is 2.56 bits per heavy atom. The predicted molar refractivity (Wildman–Crippen MR) is 87.4 cm³/mol. The van der Waals surface area contributed by atoms with E-state index in [1.165, 1.54) is 31.5 Å². The quantitative estimate of drug-likeness (QED) is 0.887. The summed E-state index contributed by atoms with van der Waals surface area (Å²) >= 11 is 0. The standard InChI is InChI=1S/C17H18FN3O4/c1-24-15-14(19-8-9-20-15)21-10-6-17(7-11-21,16(22)23)25-13-5-3-2-4-12(13)18/h2-5,8-9H,6-7,10-11H2,1H3,(H,22,23). The topological polar surface area (TPSA) is 84.8 Å². The first-order valence-electron chi connectivity index (χ1n) is 7.82. The molecule has 0 amide bonds. The van der Waals surface area contributed by atoms with Crippen molar-refractivity contribution in [3.05, 3.63) is 42.5 Å². The number of carboxylic acid groups (broad SMARTS) is 1. The number of aromatic nitrogens is 2. The number of carbonyl (C=O) groups is 1. The Balaban J connectivity index is 1.79. The largest absolute Gasteiger partial charge is 0.478 e. The van der Waals surface area contributed by atoms with Gasteiger partial charge in [-0.1, -0.05) is 12.1 Å². The molecule has 1 aliphatic rings. The summed E-state index contributed by atoms with van der Waals surface area (Å²) in [5.74, 6) is -0.826. The van der Waals surface area contributed by atoms with E-state index in [9.17, 15) is 14.3 Å². The molecular weight excluding hydrogens is 329 g/mol. The van der Waals surface area contributed by atoms with Gasteiger partial charge in [-0.25, -0.2) is 19.2 Å². The first-order valence-corrected chi connectivity index (χ1v) is 7.82. The van der Waals surface area contributed by atoms with Gasteiger partial charge in [0.1, 0.15) is 0 Å². The van der Waals surface area contributed by atoms with Gasteiger partial charge in [0.2, 0.25) is 5.60 Å². The highest BCUT2D eigenvalue weighted by Crippen LogP contribution is 2.33. The van der Waals surface area contributed by atoms with E-state index in [4.69, 9.17) is 9.47 Å². The summed E-state index contributed by atoms with van der Waals surface area (Å²) in [6.07, 6.45) is 3.43. The summed E-state index contributed by atoms with van der Waals surface area (Å²) in [5, 5.41) is 9.68. The molecule has 2 aromatic rings. The van der Waals surface area contributed by atoms with Crippen LogP contribution < -0.4 is 14.4 Å². The van der Waals surface area contributed by atoms with Crippen LogP contribution in [0.2, 0.25) is 0 Å². The fourth-order valence-electron chi connectivity index (χ4n) is 2.86. The Bertz CT molecular complexity index is 763. The fourth-order valence-corrected chi connectivity index (χ4v) is 2.86. The van der Waals surface area contributed by atoms with Gasteiger partial charge in [0.05, 0.1) is 7.11 Å². The molecule has 8 heteroatoms. The number of hydrogen-bond donors (Lipinski definition) is 1. The number of nitrogens with zero attached hydrogens (tertiary/aromatic N) is 3. The van der Waals surface area contributed by atoms with Crippen LogP contribution in [0.25, 0.3) is 0 Å². The van der Waals surface area contributed by atoms with E-state index in [2.05, 4.69) is 9.97 Å². The van der Waals surface area contributed by atoms with Crippen molar-refractivity contribution >= 4 is 11.8 Å². The Kier molecular flexibility index (Phi) is 4.69. The molecule has 132 valence electrons. The van der Waals surface area contributed by atoms with E-state index in [0.29, 0.717) is 24.8 Å². The lowest BCUT2D eigenvalue weighted by Crippen LogP contribution is -2.53. The monoisotopic (exact) mass is 347 g/mol. The number of aliphatic carboxylic acids is 1. The van der Waals surface area contributed by atoms with E-state index in [1.54, 1.807) is 12.3 Å². The Morgan fingerprint density at radius 2 is 1.92 bits per heavy atom. The van der Waals surface area contributed by atoms with Crippen LogP contribution in [0, 0.1) is 5.82 Å². The molecule has 0 unspecified atom stereocenters. The Morgan fingerprint density at radius 1 is 1.24 bits per heavy atom. The molecular formula is C17H18FN3O4. The lowest BCUT2D eigenvalue weighted by atomic mass is 9.91. The van der Waals surface area contributed by atoms with Crippen LogP contribution in [-0.2, 0) is 4.79 Å². The molecule has 0 bridgehead atoms. The third-order valence-electron chi connectivity index (χ3n) is 4.24. The predicted octanol–water partition coefficient (Wildman–Crippen LogP) is 2.13. The van der Waals surface area contributed by atoms with Crippen molar-refractivity contribution in [2.45, 2.75) is 18.4 Å². The summed E-state index contributed by atoms with van der Waals surface area (Å²) in [6.45, 7) is 0.742. The summed E-state index contributed by atoms with van der Waals surface area (Å²) < 4.78 is 24.7. The van der Waals surface area contributed by atoms with Gasteiger partial charge in [0.25, 0.3) is 5.88 Å². The number of halogens is 1. The zero-order chi connectivity index (χ0) is 17.9.